The molecule has 0 N–H and O–H groups in total. The Morgan fingerprint density at radius 2 is 1.85 bits per heavy atom. The van der Waals surface area contributed by atoms with Crippen LogP contribution in [0.4, 0.5) is 5.82 Å². The lowest BCUT2D eigenvalue weighted by atomic mass is 9.72. The fraction of sp³-hybridized carbons (Fsp3) is 0.700. The monoisotopic (exact) mass is 393 g/mol. The largest absolute Gasteiger partial charge is 0.372 e. The number of rotatable bonds is 1. The molecule has 0 amide bonds. The summed E-state index contributed by atoms with van der Waals surface area (Å²) in [6.07, 6.45) is 3.89. The number of nitrogens with zero attached hydrogens (tertiary/aromatic N) is 3. The topological polar surface area (TPSA) is 38.2 Å². The van der Waals surface area contributed by atoms with Crippen molar-refractivity contribution < 1.29 is 4.74 Å². The van der Waals surface area contributed by atoms with Gasteiger partial charge in [-0.25, -0.2) is 4.98 Å². The summed E-state index contributed by atoms with van der Waals surface area (Å²) in [6, 6.07) is 0. The average molecular weight is 394 g/mol. The molecule has 6 heteroatoms. The number of ether oxygens (including phenoxy) is 1. The highest BCUT2D eigenvalue weighted by atomic mass is 35.5. The maximum absolute atomic E-state index is 6.31. The van der Waals surface area contributed by atoms with Crippen molar-refractivity contribution in [2.24, 2.45) is 11.3 Å². The number of aryl methyl sites for hydroxylation is 1. The number of fused-ring (bicyclic) bond motifs is 3. The quantitative estimate of drug-likeness (QED) is 0.631. The molecule has 0 bridgehead atoms. The molecule has 1 fully saturated rings. The van der Waals surface area contributed by atoms with Crippen LogP contribution in [0, 0.1) is 11.3 Å². The Kier molecular flexibility index (Phi) is 4.69. The molecule has 4 rings (SSSR count). The van der Waals surface area contributed by atoms with E-state index in [9.17, 15) is 0 Å². The highest BCUT2D eigenvalue weighted by Gasteiger charge is 2.33. The summed E-state index contributed by atoms with van der Waals surface area (Å²) in [7, 11) is 0. The molecule has 0 saturated carbocycles. The van der Waals surface area contributed by atoms with E-state index in [0.717, 1.165) is 42.5 Å². The van der Waals surface area contributed by atoms with Gasteiger partial charge >= 0.3 is 0 Å². The first-order chi connectivity index (χ1) is 12.2. The van der Waals surface area contributed by atoms with Crippen LogP contribution >= 0.6 is 22.9 Å². The van der Waals surface area contributed by atoms with Crippen molar-refractivity contribution in [1.82, 2.24) is 9.97 Å². The molecular weight excluding hydrogens is 366 g/mol. The molecule has 1 aliphatic carbocycles. The highest BCUT2D eigenvalue weighted by molar-refractivity contribution is 7.19. The number of hydrogen-bond acceptors (Lipinski definition) is 5. The zero-order valence-electron chi connectivity index (χ0n) is 16.3. The normalized spacial score (nSPS) is 27.0. The molecule has 3 heterocycles. The average Bonchev–Trinajstić information content (AvgIpc) is 2.89. The number of thiophene rings is 1. The van der Waals surface area contributed by atoms with Crippen LogP contribution in [0.5, 0.6) is 0 Å². The van der Waals surface area contributed by atoms with Gasteiger partial charge in [-0.3, -0.25) is 0 Å². The van der Waals surface area contributed by atoms with Crippen LogP contribution in [0.25, 0.3) is 10.2 Å². The van der Waals surface area contributed by atoms with Gasteiger partial charge in [-0.2, -0.15) is 4.98 Å². The summed E-state index contributed by atoms with van der Waals surface area (Å²) >= 11 is 8.13. The third-order valence-corrected chi connectivity index (χ3v) is 7.12. The molecule has 0 spiro atoms. The van der Waals surface area contributed by atoms with E-state index < -0.39 is 0 Å². The summed E-state index contributed by atoms with van der Waals surface area (Å²) in [5.74, 6) is 1.73. The minimum atomic E-state index is 0.197. The summed E-state index contributed by atoms with van der Waals surface area (Å²) in [5.41, 5.74) is 1.80. The van der Waals surface area contributed by atoms with Crippen molar-refractivity contribution in [3.05, 3.63) is 15.7 Å². The molecule has 3 unspecified atom stereocenters. The van der Waals surface area contributed by atoms with Crippen molar-refractivity contribution in [3.8, 4) is 0 Å². The predicted octanol–water partition coefficient (Wildman–Crippen LogP) is 5.11. The van der Waals surface area contributed by atoms with Crippen LogP contribution in [0.15, 0.2) is 0 Å². The van der Waals surface area contributed by atoms with Crippen molar-refractivity contribution in [2.75, 3.05) is 18.0 Å². The highest BCUT2D eigenvalue weighted by Crippen LogP contribution is 2.45. The first-order valence-corrected chi connectivity index (χ1v) is 10.8. The van der Waals surface area contributed by atoms with Gasteiger partial charge < -0.3 is 9.64 Å². The lowest BCUT2D eigenvalue weighted by Crippen LogP contribution is -2.46. The summed E-state index contributed by atoms with van der Waals surface area (Å²) < 4.78 is 5.91. The van der Waals surface area contributed by atoms with Crippen LogP contribution in [0.2, 0.25) is 5.28 Å². The number of halogens is 1. The summed E-state index contributed by atoms with van der Waals surface area (Å²) in [6.45, 7) is 13.0. The van der Waals surface area contributed by atoms with Gasteiger partial charge in [0.2, 0.25) is 5.28 Å². The second-order valence-corrected chi connectivity index (χ2v) is 10.4. The summed E-state index contributed by atoms with van der Waals surface area (Å²) in [4.78, 5) is 14.1. The number of hydrogen-bond donors (Lipinski definition) is 0. The number of aromatic nitrogens is 2. The van der Waals surface area contributed by atoms with E-state index in [-0.39, 0.29) is 12.2 Å². The van der Waals surface area contributed by atoms with Crippen molar-refractivity contribution in [1.29, 1.82) is 0 Å². The van der Waals surface area contributed by atoms with Crippen LogP contribution in [0.3, 0.4) is 0 Å². The van der Waals surface area contributed by atoms with E-state index in [0.29, 0.717) is 10.7 Å². The van der Waals surface area contributed by atoms with Crippen LogP contribution < -0.4 is 4.90 Å². The maximum Gasteiger partial charge on any atom is 0.225 e. The zero-order valence-corrected chi connectivity index (χ0v) is 17.9. The van der Waals surface area contributed by atoms with Gasteiger partial charge in [0.25, 0.3) is 0 Å². The van der Waals surface area contributed by atoms with E-state index in [1.807, 2.05) is 11.3 Å². The number of morpholine rings is 1. The summed E-state index contributed by atoms with van der Waals surface area (Å²) in [5, 5.41) is 1.59. The van der Waals surface area contributed by atoms with Crippen LogP contribution in [-0.2, 0) is 17.6 Å². The van der Waals surface area contributed by atoms with Crippen molar-refractivity contribution in [2.45, 2.75) is 66.1 Å². The van der Waals surface area contributed by atoms with Crippen molar-refractivity contribution >= 4 is 39.0 Å². The molecule has 3 atom stereocenters. The maximum atomic E-state index is 6.31. The predicted molar refractivity (Wildman–Crippen MR) is 110 cm³/mol. The van der Waals surface area contributed by atoms with Gasteiger partial charge in [0.05, 0.1) is 17.6 Å². The Morgan fingerprint density at radius 3 is 2.50 bits per heavy atom. The minimum absolute atomic E-state index is 0.197. The molecule has 1 aliphatic heterocycles. The Morgan fingerprint density at radius 1 is 1.15 bits per heavy atom. The first-order valence-electron chi connectivity index (χ1n) is 9.60. The fourth-order valence-electron chi connectivity index (χ4n) is 4.45. The lowest BCUT2D eigenvalue weighted by molar-refractivity contribution is -0.00537. The molecule has 0 radical (unpaired) electrons. The van der Waals surface area contributed by atoms with Gasteiger partial charge in [-0.1, -0.05) is 20.8 Å². The van der Waals surface area contributed by atoms with Gasteiger partial charge in [0.15, 0.2) is 0 Å². The second-order valence-electron chi connectivity index (χ2n) is 8.97. The SMILES string of the molecule is CC1CN(c2nc(Cl)nc3sc4c(c23)CCC(C(C)(C)C)C4)CC(C)O1. The smallest absolute Gasteiger partial charge is 0.225 e. The number of anilines is 1. The first kappa shape index (κ1) is 18.5. The van der Waals surface area contributed by atoms with E-state index in [2.05, 4.69) is 49.5 Å². The van der Waals surface area contributed by atoms with E-state index in [1.54, 1.807) is 0 Å². The molecular formula is C20H28ClN3OS. The van der Waals surface area contributed by atoms with E-state index >= 15 is 0 Å². The molecule has 2 aromatic rings. The molecule has 2 aliphatic rings. The van der Waals surface area contributed by atoms with E-state index in [4.69, 9.17) is 16.3 Å². The third kappa shape index (κ3) is 3.34. The molecule has 0 aromatic carbocycles. The molecule has 142 valence electrons. The minimum Gasteiger partial charge on any atom is -0.372 e. The fourth-order valence-corrected chi connectivity index (χ4v) is 5.96. The Labute approximate surface area is 164 Å². The Balaban J connectivity index is 1.79. The standard InChI is InChI=1S/C20H28ClN3OS/c1-11-9-24(10-12(2)25-11)17-16-14-7-6-13(20(3,4)5)8-15(14)26-18(16)23-19(21)22-17/h11-13H,6-10H2,1-5H3. The van der Waals surface area contributed by atoms with Crippen LogP contribution in [-0.4, -0.2) is 35.3 Å². The third-order valence-electron chi connectivity index (χ3n) is 5.81. The molecule has 4 nitrogen and oxygen atoms in total. The zero-order chi connectivity index (χ0) is 18.6. The van der Waals surface area contributed by atoms with Gasteiger partial charge in [-0.05, 0) is 61.6 Å². The molecule has 1 saturated heterocycles. The molecule has 2 aromatic heterocycles. The van der Waals surface area contributed by atoms with Gasteiger partial charge in [0.1, 0.15) is 10.6 Å². The van der Waals surface area contributed by atoms with Gasteiger partial charge in [-0.15, -0.1) is 11.3 Å². The second kappa shape index (κ2) is 6.61. The lowest BCUT2D eigenvalue weighted by Gasteiger charge is -2.37. The van der Waals surface area contributed by atoms with Gasteiger partial charge in [0, 0.05) is 18.0 Å². The Hall–Kier alpha value is -0.910. The van der Waals surface area contributed by atoms with Crippen LogP contribution in [0.1, 0.15) is 51.5 Å². The Bertz CT molecular complexity index is 819. The van der Waals surface area contributed by atoms with Crippen molar-refractivity contribution in [3.63, 3.8) is 0 Å². The van der Waals surface area contributed by atoms with E-state index in [1.165, 1.54) is 22.2 Å². The molecule has 26 heavy (non-hydrogen) atoms.